The zero-order chi connectivity index (χ0) is 12.1. The summed E-state index contributed by atoms with van der Waals surface area (Å²) < 4.78 is 17.8. The molecule has 2 aromatic carbocycles. The van der Waals surface area contributed by atoms with Gasteiger partial charge in [0.2, 0.25) is 0 Å². The lowest BCUT2D eigenvalue weighted by molar-refractivity contribution is 0.414. The fourth-order valence-corrected chi connectivity index (χ4v) is 1.52. The Morgan fingerprint density at radius 2 is 1.65 bits per heavy atom. The maximum absolute atomic E-state index is 12.7. The van der Waals surface area contributed by atoms with Crippen LogP contribution >= 0.6 is 0 Å². The van der Waals surface area contributed by atoms with Crippen LogP contribution in [0.4, 0.5) is 10.1 Å². The van der Waals surface area contributed by atoms with E-state index in [4.69, 9.17) is 4.74 Å². The normalized spacial score (nSPS) is 10.0. The summed E-state index contributed by atoms with van der Waals surface area (Å²) in [6.45, 7) is 0.704. The average Bonchev–Trinajstić information content (AvgIpc) is 2.39. The van der Waals surface area contributed by atoms with Crippen LogP contribution in [0.5, 0.6) is 5.75 Å². The Morgan fingerprint density at radius 1 is 1.00 bits per heavy atom. The summed E-state index contributed by atoms with van der Waals surface area (Å²) in [5.41, 5.74) is 2.05. The minimum absolute atomic E-state index is 0.222. The maximum Gasteiger partial charge on any atom is 0.123 e. The summed E-state index contributed by atoms with van der Waals surface area (Å²) in [7, 11) is 1.64. The predicted molar refractivity (Wildman–Crippen MR) is 66.7 cm³/mol. The van der Waals surface area contributed by atoms with Gasteiger partial charge in [-0.05, 0) is 42.0 Å². The van der Waals surface area contributed by atoms with Crippen molar-refractivity contribution in [3.8, 4) is 5.75 Å². The molecule has 88 valence electrons. The zero-order valence-corrected chi connectivity index (χ0v) is 9.61. The summed E-state index contributed by atoms with van der Waals surface area (Å²) in [6, 6.07) is 14.2. The van der Waals surface area contributed by atoms with Crippen molar-refractivity contribution in [3.63, 3.8) is 0 Å². The van der Waals surface area contributed by atoms with E-state index < -0.39 is 0 Å². The second-order valence-electron chi connectivity index (χ2n) is 3.71. The highest BCUT2D eigenvalue weighted by Gasteiger charge is 1.96. The number of halogens is 1. The van der Waals surface area contributed by atoms with Crippen LogP contribution in [0.25, 0.3) is 0 Å². The van der Waals surface area contributed by atoms with Gasteiger partial charge in [0, 0.05) is 12.2 Å². The molecule has 2 rings (SSSR count). The van der Waals surface area contributed by atoms with Crippen molar-refractivity contribution in [2.24, 2.45) is 0 Å². The molecule has 0 spiro atoms. The molecule has 0 unspecified atom stereocenters. The first-order valence-corrected chi connectivity index (χ1v) is 5.40. The van der Waals surface area contributed by atoms with Gasteiger partial charge in [0.1, 0.15) is 11.6 Å². The second kappa shape index (κ2) is 5.34. The Balaban J connectivity index is 1.95. The number of anilines is 1. The van der Waals surface area contributed by atoms with Gasteiger partial charge < -0.3 is 10.1 Å². The summed E-state index contributed by atoms with van der Waals surface area (Å²) >= 11 is 0. The lowest BCUT2D eigenvalue weighted by Gasteiger charge is -2.07. The highest BCUT2D eigenvalue weighted by atomic mass is 19.1. The van der Waals surface area contributed by atoms with Crippen molar-refractivity contribution in [2.75, 3.05) is 12.4 Å². The molecule has 0 bridgehead atoms. The van der Waals surface area contributed by atoms with Crippen LogP contribution in [-0.4, -0.2) is 7.11 Å². The van der Waals surface area contributed by atoms with Crippen LogP contribution in [-0.2, 0) is 6.54 Å². The first-order chi connectivity index (χ1) is 8.28. The second-order valence-corrected chi connectivity index (χ2v) is 3.71. The van der Waals surface area contributed by atoms with E-state index in [9.17, 15) is 4.39 Å². The van der Waals surface area contributed by atoms with Gasteiger partial charge in [-0.3, -0.25) is 0 Å². The lowest BCUT2D eigenvalue weighted by Crippen LogP contribution is -1.99. The molecule has 0 atom stereocenters. The molecular weight excluding hydrogens is 217 g/mol. The molecule has 0 saturated carbocycles. The largest absolute Gasteiger partial charge is 0.497 e. The van der Waals surface area contributed by atoms with Gasteiger partial charge in [0.25, 0.3) is 0 Å². The predicted octanol–water partition coefficient (Wildman–Crippen LogP) is 3.45. The number of benzene rings is 2. The van der Waals surface area contributed by atoms with Crippen molar-refractivity contribution in [1.29, 1.82) is 0 Å². The monoisotopic (exact) mass is 231 g/mol. The van der Waals surface area contributed by atoms with Gasteiger partial charge in [-0.25, -0.2) is 4.39 Å². The summed E-state index contributed by atoms with van der Waals surface area (Å²) in [5, 5.41) is 3.22. The highest BCUT2D eigenvalue weighted by molar-refractivity contribution is 5.43. The van der Waals surface area contributed by atoms with Gasteiger partial charge >= 0.3 is 0 Å². The molecule has 1 N–H and O–H groups in total. The Labute approximate surface area is 100 Å². The molecular formula is C14H14FNO. The molecule has 0 aliphatic heterocycles. The van der Waals surface area contributed by atoms with Crippen LogP contribution in [0.15, 0.2) is 48.5 Å². The molecule has 3 heteroatoms. The molecule has 0 saturated heterocycles. The van der Waals surface area contributed by atoms with Crippen molar-refractivity contribution in [3.05, 3.63) is 59.9 Å². The molecule has 2 nitrogen and oxygen atoms in total. The standard InChI is InChI=1S/C14H14FNO/c1-17-14-8-2-11(3-9-14)10-16-13-6-4-12(15)5-7-13/h2-9,16H,10H2,1H3. The molecule has 0 aliphatic rings. The summed E-state index contributed by atoms with van der Waals surface area (Å²) in [6.07, 6.45) is 0. The first-order valence-electron chi connectivity index (χ1n) is 5.40. The van der Waals surface area contributed by atoms with Crippen molar-refractivity contribution in [2.45, 2.75) is 6.54 Å². The minimum Gasteiger partial charge on any atom is -0.497 e. The van der Waals surface area contributed by atoms with E-state index in [0.29, 0.717) is 6.54 Å². The molecule has 0 amide bonds. The zero-order valence-electron chi connectivity index (χ0n) is 9.61. The third-order valence-corrected chi connectivity index (χ3v) is 2.50. The van der Waals surface area contributed by atoms with E-state index in [2.05, 4.69) is 5.32 Å². The van der Waals surface area contributed by atoms with Gasteiger partial charge in [0.15, 0.2) is 0 Å². The van der Waals surface area contributed by atoms with E-state index >= 15 is 0 Å². The van der Waals surface area contributed by atoms with E-state index in [1.807, 2.05) is 24.3 Å². The number of rotatable bonds is 4. The average molecular weight is 231 g/mol. The summed E-state index contributed by atoms with van der Waals surface area (Å²) in [4.78, 5) is 0. The van der Waals surface area contributed by atoms with Crippen molar-refractivity contribution < 1.29 is 9.13 Å². The van der Waals surface area contributed by atoms with Gasteiger partial charge in [-0.15, -0.1) is 0 Å². The Kier molecular flexibility index (Phi) is 3.60. The van der Waals surface area contributed by atoms with Gasteiger partial charge in [-0.2, -0.15) is 0 Å². The number of hydrogen-bond donors (Lipinski definition) is 1. The smallest absolute Gasteiger partial charge is 0.123 e. The molecule has 0 aliphatic carbocycles. The van der Waals surface area contributed by atoms with Crippen molar-refractivity contribution in [1.82, 2.24) is 0 Å². The SMILES string of the molecule is COc1ccc(CNc2ccc(F)cc2)cc1. The third kappa shape index (κ3) is 3.21. The number of hydrogen-bond acceptors (Lipinski definition) is 2. The minimum atomic E-state index is -0.222. The summed E-state index contributed by atoms with van der Waals surface area (Å²) in [5.74, 6) is 0.621. The molecule has 2 aromatic rings. The maximum atomic E-state index is 12.7. The molecule has 0 radical (unpaired) electrons. The van der Waals surface area contributed by atoms with E-state index in [1.165, 1.54) is 12.1 Å². The Hall–Kier alpha value is -2.03. The Bertz CT molecular complexity index is 465. The number of ether oxygens (including phenoxy) is 1. The van der Waals surface area contributed by atoms with Crippen LogP contribution in [0.2, 0.25) is 0 Å². The van der Waals surface area contributed by atoms with Crippen molar-refractivity contribution >= 4 is 5.69 Å². The van der Waals surface area contributed by atoms with Gasteiger partial charge in [-0.1, -0.05) is 12.1 Å². The first kappa shape index (κ1) is 11.5. The van der Waals surface area contributed by atoms with E-state index in [0.717, 1.165) is 17.0 Å². The number of methoxy groups -OCH3 is 1. The molecule has 0 fully saturated rings. The van der Waals surface area contributed by atoms with Crippen LogP contribution in [0, 0.1) is 5.82 Å². The van der Waals surface area contributed by atoms with Gasteiger partial charge in [0.05, 0.1) is 7.11 Å². The fourth-order valence-electron chi connectivity index (χ4n) is 1.52. The number of nitrogens with one attached hydrogen (secondary N) is 1. The molecule has 0 heterocycles. The Morgan fingerprint density at radius 3 is 2.24 bits per heavy atom. The van der Waals surface area contributed by atoms with E-state index in [-0.39, 0.29) is 5.82 Å². The molecule has 17 heavy (non-hydrogen) atoms. The van der Waals surface area contributed by atoms with Crippen LogP contribution < -0.4 is 10.1 Å². The van der Waals surface area contributed by atoms with E-state index in [1.54, 1.807) is 19.2 Å². The fraction of sp³-hybridized carbons (Fsp3) is 0.143. The van der Waals surface area contributed by atoms with Crippen LogP contribution in [0.1, 0.15) is 5.56 Å². The molecule has 0 aromatic heterocycles. The third-order valence-electron chi connectivity index (χ3n) is 2.50. The topological polar surface area (TPSA) is 21.3 Å². The lowest BCUT2D eigenvalue weighted by atomic mass is 10.2. The van der Waals surface area contributed by atoms with Crippen LogP contribution in [0.3, 0.4) is 0 Å². The highest BCUT2D eigenvalue weighted by Crippen LogP contribution is 2.13. The quantitative estimate of drug-likeness (QED) is 0.870.